The summed E-state index contributed by atoms with van der Waals surface area (Å²) >= 11 is 0. The highest BCUT2D eigenvalue weighted by Gasteiger charge is 2.42. The Bertz CT molecular complexity index is 813. The fourth-order valence-corrected chi connectivity index (χ4v) is 4.22. The zero-order valence-electron chi connectivity index (χ0n) is 17.5. The van der Waals surface area contributed by atoms with Crippen LogP contribution in [0.3, 0.4) is 0 Å². The van der Waals surface area contributed by atoms with Gasteiger partial charge in [0.15, 0.2) is 0 Å². The van der Waals surface area contributed by atoms with Gasteiger partial charge in [0.1, 0.15) is 11.4 Å². The third-order valence-electron chi connectivity index (χ3n) is 5.81. The van der Waals surface area contributed by atoms with Gasteiger partial charge in [-0.1, -0.05) is 18.2 Å². The van der Waals surface area contributed by atoms with Crippen LogP contribution >= 0.6 is 0 Å². The lowest BCUT2D eigenvalue weighted by molar-refractivity contribution is -0.138. The van der Waals surface area contributed by atoms with Crippen LogP contribution < -0.4 is 4.74 Å². The molecule has 0 radical (unpaired) electrons. The van der Waals surface area contributed by atoms with Crippen molar-refractivity contribution in [3.05, 3.63) is 35.5 Å². The van der Waals surface area contributed by atoms with Crippen LogP contribution in [0.25, 0.3) is 5.57 Å². The molecular formula is C22H29N3O5. The van der Waals surface area contributed by atoms with Crippen molar-refractivity contribution in [2.24, 2.45) is 0 Å². The SMILES string of the molecule is COc1ccccc1C1=C(N2CCOCC2)C(=O)N(CCCN2CCOCC2)C1=O. The van der Waals surface area contributed by atoms with E-state index in [0.717, 1.165) is 39.3 Å². The molecular weight excluding hydrogens is 386 g/mol. The molecule has 30 heavy (non-hydrogen) atoms. The number of nitrogens with zero attached hydrogens (tertiary/aromatic N) is 3. The molecule has 162 valence electrons. The topological polar surface area (TPSA) is 71.6 Å². The first-order chi connectivity index (χ1) is 14.7. The molecule has 0 atom stereocenters. The van der Waals surface area contributed by atoms with E-state index < -0.39 is 0 Å². The maximum atomic E-state index is 13.4. The molecule has 0 saturated carbocycles. The lowest BCUT2D eigenvalue weighted by atomic mass is 10.0. The molecule has 2 saturated heterocycles. The smallest absolute Gasteiger partial charge is 0.277 e. The zero-order chi connectivity index (χ0) is 20.9. The number of methoxy groups -OCH3 is 1. The van der Waals surface area contributed by atoms with Crippen molar-refractivity contribution in [3.63, 3.8) is 0 Å². The summed E-state index contributed by atoms with van der Waals surface area (Å²) in [7, 11) is 1.58. The second-order valence-electron chi connectivity index (χ2n) is 7.59. The van der Waals surface area contributed by atoms with Crippen LogP contribution in [0.1, 0.15) is 12.0 Å². The molecule has 0 unspecified atom stereocenters. The fourth-order valence-electron chi connectivity index (χ4n) is 4.22. The summed E-state index contributed by atoms with van der Waals surface area (Å²) in [6, 6.07) is 7.38. The quantitative estimate of drug-likeness (QED) is 0.611. The van der Waals surface area contributed by atoms with Crippen molar-refractivity contribution < 1.29 is 23.8 Å². The van der Waals surface area contributed by atoms with Crippen molar-refractivity contribution in [2.45, 2.75) is 6.42 Å². The summed E-state index contributed by atoms with van der Waals surface area (Å²) in [5.41, 5.74) is 1.57. The molecule has 0 aromatic heterocycles. The van der Waals surface area contributed by atoms with E-state index in [1.807, 2.05) is 29.2 Å². The molecule has 0 N–H and O–H groups in total. The third-order valence-corrected chi connectivity index (χ3v) is 5.81. The number of hydrogen-bond donors (Lipinski definition) is 0. The van der Waals surface area contributed by atoms with Gasteiger partial charge in [0.05, 0.1) is 39.1 Å². The van der Waals surface area contributed by atoms with Gasteiger partial charge in [0.25, 0.3) is 11.8 Å². The average Bonchev–Trinajstić information content (AvgIpc) is 3.05. The molecule has 1 aromatic carbocycles. The van der Waals surface area contributed by atoms with Crippen molar-refractivity contribution in [2.75, 3.05) is 72.8 Å². The molecule has 2 amide bonds. The van der Waals surface area contributed by atoms with Crippen LogP contribution in [0.2, 0.25) is 0 Å². The summed E-state index contributed by atoms with van der Waals surface area (Å²) in [6.45, 7) is 6.78. The highest BCUT2D eigenvalue weighted by molar-refractivity contribution is 6.36. The Labute approximate surface area is 177 Å². The Hall–Kier alpha value is -2.42. The van der Waals surface area contributed by atoms with Crippen LogP contribution in [0.5, 0.6) is 5.75 Å². The van der Waals surface area contributed by atoms with E-state index in [0.29, 0.717) is 55.4 Å². The van der Waals surface area contributed by atoms with E-state index in [9.17, 15) is 9.59 Å². The molecule has 1 aromatic rings. The highest BCUT2D eigenvalue weighted by Crippen LogP contribution is 2.36. The molecule has 0 bridgehead atoms. The maximum Gasteiger partial charge on any atom is 0.277 e. The summed E-state index contributed by atoms with van der Waals surface area (Å²) in [5, 5.41) is 0. The highest BCUT2D eigenvalue weighted by atomic mass is 16.5. The van der Waals surface area contributed by atoms with Gasteiger partial charge in [-0.25, -0.2) is 0 Å². The van der Waals surface area contributed by atoms with Gasteiger partial charge in [0.2, 0.25) is 0 Å². The minimum atomic E-state index is -0.243. The summed E-state index contributed by atoms with van der Waals surface area (Å²) in [5.74, 6) is 0.132. The second kappa shape index (κ2) is 9.59. The summed E-state index contributed by atoms with van der Waals surface area (Å²) in [4.78, 5) is 32.5. The number of carbonyl (C=O) groups excluding carboxylic acids is 2. The Morgan fingerprint density at radius 1 is 0.900 bits per heavy atom. The van der Waals surface area contributed by atoms with Crippen LogP contribution in [-0.4, -0.2) is 99.3 Å². The molecule has 0 spiro atoms. The van der Waals surface area contributed by atoms with Gasteiger partial charge >= 0.3 is 0 Å². The van der Waals surface area contributed by atoms with Crippen molar-refractivity contribution >= 4 is 17.4 Å². The van der Waals surface area contributed by atoms with Gasteiger partial charge in [-0.3, -0.25) is 19.4 Å². The molecule has 0 aliphatic carbocycles. The number of imide groups is 1. The summed E-state index contributed by atoms with van der Waals surface area (Å²) in [6.07, 6.45) is 0.743. The van der Waals surface area contributed by atoms with E-state index >= 15 is 0 Å². The largest absolute Gasteiger partial charge is 0.496 e. The number of rotatable bonds is 7. The minimum Gasteiger partial charge on any atom is -0.496 e. The van der Waals surface area contributed by atoms with Gasteiger partial charge in [-0.2, -0.15) is 0 Å². The van der Waals surface area contributed by atoms with Crippen molar-refractivity contribution in [1.29, 1.82) is 0 Å². The van der Waals surface area contributed by atoms with Gasteiger partial charge in [-0.15, -0.1) is 0 Å². The normalized spacial score (nSPS) is 21.0. The molecule has 3 heterocycles. The van der Waals surface area contributed by atoms with Gasteiger partial charge in [0, 0.05) is 44.8 Å². The minimum absolute atomic E-state index is 0.218. The number of hydrogen-bond acceptors (Lipinski definition) is 7. The maximum absolute atomic E-state index is 13.4. The van der Waals surface area contributed by atoms with E-state index in [-0.39, 0.29) is 11.8 Å². The Morgan fingerprint density at radius 2 is 1.57 bits per heavy atom. The second-order valence-corrected chi connectivity index (χ2v) is 7.59. The molecule has 3 aliphatic heterocycles. The predicted molar refractivity (Wildman–Crippen MR) is 111 cm³/mol. The molecule has 8 heteroatoms. The molecule has 4 rings (SSSR count). The van der Waals surface area contributed by atoms with Crippen LogP contribution in [0, 0.1) is 0 Å². The standard InChI is InChI=1S/C22H29N3O5/c1-28-18-6-3-2-5-17(18)19-20(24-11-15-30-16-12-24)22(27)25(21(19)26)8-4-7-23-9-13-29-14-10-23/h2-3,5-6H,4,7-16H2,1H3. The lowest BCUT2D eigenvalue weighted by Gasteiger charge is -2.30. The first kappa shape index (κ1) is 20.8. The lowest BCUT2D eigenvalue weighted by Crippen LogP contribution is -2.41. The number of benzene rings is 1. The number of carbonyl (C=O) groups is 2. The number of amides is 2. The fraction of sp³-hybridized carbons (Fsp3) is 0.545. The average molecular weight is 415 g/mol. The number of ether oxygens (including phenoxy) is 3. The number of morpholine rings is 2. The van der Waals surface area contributed by atoms with Crippen LogP contribution in [0.4, 0.5) is 0 Å². The van der Waals surface area contributed by atoms with Crippen molar-refractivity contribution in [1.82, 2.24) is 14.7 Å². The number of para-hydroxylation sites is 1. The van der Waals surface area contributed by atoms with Gasteiger partial charge < -0.3 is 19.1 Å². The van der Waals surface area contributed by atoms with E-state index in [4.69, 9.17) is 14.2 Å². The van der Waals surface area contributed by atoms with Crippen LogP contribution in [-0.2, 0) is 19.1 Å². The third kappa shape index (κ3) is 4.21. The van der Waals surface area contributed by atoms with Gasteiger partial charge in [-0.05, 0) is 12.5 Å². The van der Waals surface area contributed by atoms with E-state index in [1.165, 1.54) is 4.90 Å². The summed E-state index contributed by atoms with van der Waals surface area (Å²) < 4.78 is 16.3. The van der Waals surface area contributed by atoms with Crippen LogP contribution in [0.15, 0.2) is 30.0 Å². The molecule has 3 aliphatic rings. The Balaban J connectivity index is 1.57. The first-order valence-electron chi connectivity index (χ1n) is 10.6. The van der Waals surface area contributed by atoms with E-state index in [1.54, 1.807) is 7.11 Å². The first-order valence-corrected chi connectivity index (χ1v) is 10.6. The zero-order valence-corrected chi connectivity index (χ0v) is 17.5. The van der Waals surface area contributed by atoms with E-state index in [2.05, 4.69) is 4.90 Å². The monoisotopic (exact) mass is 415 g/mol. The molecule has 8 nitrogen and oxygen atoms in total. The Kier molecular flexibility index (Phi) is 6.66. The Morgan fingerprint density at radius 3 is 2.27 bits per heavy atom. The molecule has 2 fully saturated rings. The van der Waals surface area contributed by atoms with Crippen molar-refractivity contribution in [3.8, 4) is 5.75 Å². The predicted octanol–water partition coefficient (Wildman–Crippen LogP) is 0.830.